The number of pyridine rings is 1. The number of methoxy groups -OCH3 is 1. The standard InChI is InChI=1S/C18H22N4O3/c1-20-22-7-5-13-10-17(25-14-4-6-21-18(19)11-14)16(12-15(13)22)24-9-3-8-23-2/h4-7,10-12,20H,3,8-9H2,1-2H3,(H2,19,21). The van der Waals surface area contributed by atoms with Gasteiger partial charge in [0.2, 0.25) is 0 Å². The Bertz CT molecular complexity index is 847. The van der Waals surface area contributed by atoms with Crippen LogP contribution in [0.1, 0.15) is 6.42 Å². The molecule has 0 aliphatic rings. The van der Waals surface area contributed by atoms with Gasteiger partial charge in [0.1, 0.15) is 11.6 Å². The predicted octanol–water partition coefficient (Wildman–Crippen LogP) is 3.00. The van der Waals surface area contributed by atoms with Crippen LogP contribution in [0.4, 0.5) is 5.82 Å². The van der Waals surface area contributed by atoms with Gasteiger partial charge in [-0.05, 0) is 18.2 Å². The van der Waals surface area contributed by atoms with Crippen molar-refractivity contribution in [2.45, 2.75) is 6.42 Å². The Labute approximate surface area is 146 Å². The Hall–Kier alpha value is -2.93. The van der Waals surface area contributed by atoms with E-state index in [4.69, 9.17) is 19.9 Å². The smallest absolute Gasteiger partial charge is 0.170 e. The molecule has 0 fully saturated rings. The third-order valence-electron chi connectivity index (χ3n) is 3.73. The van der Waals surface area contributed by atoms with Crippen LogP contribution in [-0.2, 0) is 4.74 Å². The minimum atomic E-state index is 0.405. The third kappa shape index (κ3) is 3.95. The minimum Gasteiger partial charge on any atom is -0.490 e. The van der Waals surface area contributed by atoms with Gasteiger partial charge in [0.05, 0.1) is 12.1 Å². The molecule has 0 amide bonds. The molecule has 3 aromatic rings. The van der Waals surface area contributed by atoms with Crippen LogP contribution in [0.25, 0.3) is 10.9 Å². The molecule has 0 bridgehead atoms. The number of anilines is 1. The Morgan fingerprint density at radius 3 is 2.80 bits per heavy atom. The fourth-order valence-electron chi connectivity index (χ4n) is 2.53. The van der Waals surface area contributed by atoms with Crippen molar-refractivity contribution in [3.05, 3.63) is 42.7 Å². The van der Waals surface area contributed by atoms with Crippen molar-refractivity contribution in [2.75, 3.05) is 38.5 Å². The molecule has 0 atom stereocenters. The van der Waals surface area contributed by atoms with Crippen molar-refractivity contribution >= 4 is 16.7 Å². The maximum Gasteiger partial charge on any atom is 0.170 e. The molecule has 7 heteroatoms. The first-order chi connectivity index (χ1) is 12.2. The highest BCUT2D eigenvalue weighted by atomic mass is 16.5. The molecule has 3 rings (SSSR count). The van der Waals surface area contributed by atoms with Crippen molar-refractivity contribution in [3.8, 4) is 17.2 Å². The van der Waals surface area contributed by atoms with Gasteiger partial charge in [-0.3, -0.25) is 4.68 Å². The van der Waals surface area contributed by atoms with E-state index < -0.39 is 0 Å². The second-order valence-electron chi connectivity index (χ2n) is 5.48. The van der Waals surface area contributed by atoms with Gasteiger partial charge in [-0.2, -0.15) is 0 Å². The molecule has 132 valence electrons. The van der Waals surface area contributed by atoms with Crippen LogP contribution in [0.15, 0.2) is 42.7 Å². The fourth-order valence-corrected chi connectivity index (χ4v) is 2.53. The summed E-state index contributed by atoms with van der Waals surface area (Å²) in [4.78, 5) is 3.98. The van der Waals surface area contributed by atoms with Crippen LogP contribution < -0.4 is 20.6 Å². The molecule has 7 nitrogen and oxygen atoms in total. The van der Waals surface area contributed by atoms with Crippen molar-refractivity contribution in [1.82, 2.24) is 9.66 Å². The second-order valence-corrected chi connectivity index (χ2v) is 5.48. The van der Waals surface area contributed by atoms with Gasteiger partial charge >= 0.3 is 0 Å². The molecule has 2 heterocycles. The number of aromatic nitrogens is 2. The highest BCUT2D eigenvalue weighted by Gasteiger charge is 2.12. The van der Waals surface area contributed by atoms with E-state index in [-0.39, 0.29) is 0 Å². The molecule has 3 N–H and O–H groups in total. The zero-order valence-corrected chi connectivity index (χ0v) is 14.4. The number of hydrogen-bond donors (Lipinski definition) is 2. The molecular weight excluding hydrogens is 320 g/mol. The summed E-state index contributed by atoms with van der Waals surface area (Å²) in [5, 5.41) is 1.04. The first-order valence-corrected chi connectivity index (χ1v) is 8.05. The summed E-state index contributed by atoms with van der Waals surface area (Å²) in [6.45, 7) is 1.18. The SMILES string of the molecule is CNn1ccc2cc(Oc3ccnc(N)c3)c(OCCCOC)cc21. The van der Waals surface area contributed by atoms with Crippen LogP contribution in [0.2, 0.25) is 0 Å². The van der Waals surface area contributed by atoms with Crippen LogP contribution in [0.3, 0.4) is 0 Å². The molecular formula is C18H22N4O3. The first-order valence-electron chi connectivity index (χ1n) is 8.05. The zero-order chi connectivity index (χ0) is 17.6. The lowest BCUT2D eigenvalue weighted by atomic mass is 10.2. The van der Waals surface area contributed by atoms with E-state index in [0.717, 1.165) is 17.3 Å². The number of hydrogen-bond acceptors (Lipinski definition) is 6. The van der Waals surface area contributed by atoms with E-state index in [9.17, 15) is 0 Å². The van der Waals surface area contributed by atoms with Crippen molar-refractivity contribution < 1.29 is 14.2 Å². The summed E-state index contributed by atoms with van der Waals surface area (Å²) in [5.74, 6) is 2.31. The quantitative estimate of drug-likeness (QED) is 0.612. The van der Waals surface area contributed by atoms with Crippen molar-refractivity contribution in [1.29, 1.82) is 0 Å². The monoisotopic (exact) mass is 342 g/mol. The van der Waals surface area contributed by atoms with Gasteiger partial charge in [0.25, 0.3) is 0 Å². The van der Waals surface area contributed by atoms with E-state index in [1.807, 2.05) is 36.1 Å². The van der Waals surface area contributed by atoms with E-state index >= 15 is 0 Å². The average Bonchev–Trinajstić information content (AvgIpc) is 3.00. The normalized spacial score (nSPS) is 10.8. The summed E-state index contributed by atoms with van der Waals surface area (Å²) in [6, 6.07) is 9.35. The topological polar surface area (TPSA) is 83.6 Å². The summed E-state index contributed by atoms with van der Waals surface area (Å²) in [6.07, 6.45) is 4.36. The van der Waals surface area contributed by atoms with Gasteiger partial charge in [-0.15, -0.1) is 0 Å². The van der Waals surface area contributed by atoms with Gasteiger partial charge in [0, 0.05) is 57.1 Å². The molecule has 0 saturated heterocycles. The lowest BCUT2D eigenvalue weighted by Gasteiger charge is -2.14. The second kappa shape index (κ2) is 7.76. The van der Waals surface area contributed by atoms with Gasteiger partial charge in [-0.25, -0.2) is 4.98 Å². The number of fused-ring (bicyclic) bond motifs is 1. The molecule has 0 saturated carbocycles. The van der Waals surface area contributed by atoms with Crippen LogP contribution in [-0.4, -0.2) is 37.0 Å². The number of nitrogen functional groups attached to an aromatic ring is 1. The Morgan fingerprint density at radius 1 is 1.16 bits per heavy atom. The van der Waals surface area contributed by atoms with Crippen molar-refractivity contribution in [2.24, 2.45) is 0 Å². The number of benzene rings is 1. The summed E-state index contributed by atoms with van der Waals surface area (Å²) >= 11 is 0. The Balaban J connectivity index is 1.92. The maximum absolute atomic E-state index is 5.99. The average molecular weight is 342 g/mol. The predicted molar refractivity (Wildman–Crippen MR) is 97.9 cm³/mol. The molecule has 1 aromatic carbocycles. The van der Waals surface area contributed by atoms with Crippen LogP contribution in [0, 0.1) is 0 Å². The highest BCUT2D eigenvalue weighted by molar-refractivity contribution is 5.84. The largest absolute Gasteiger partial charge is 0.490 e. The van der Waals surface area contributed by atoms with E-state index in [0.29, 0.717) is 36.3 Å². The first kappa shape index (κ1) is 16.9. The van der Waals surface area contributed by atoms with Crippen molar-refractivity contribution in [3.63, 3.8) is 0 Å². The molecule has 0 radical (unpaired) electrons. The summed E-state index contributed by atoms with van der Waals surface area (Å²) in [5.41, 5.74) is 9.84. The fraction of sp³-hybridized carbons (Fsp3) is 0.278. The zero-order valence-electron chi connectivity index (χ0n) is 14.4. The van der Waals surface area contributed by atoms with Crippen LogP contribution in [0.5, 0.6) is 17.2 Å². The molecule has 0 spiro atoms. The minimum absolute atomic E-state index is 0.405. The Morgan fingerprint density at radius 2 is 2.04 bits per heavy atom. The highest BCUT2D eigenvalue weighted by Crippen LogP contribution is 2.36. The number of nitrogens with two attached hydrogens (primary N) is 1. The summed E-state index contributed by atoms with van der Waals surface area (Å²) in [7, 11) is 3.54. The molecule has 25 heavy (non-hydrogen) atoms. The van der Waals surface area contributed by atoms with Gasteiger partial charge in [0.15, 0.2) is 11.5 Å². The molecule has 0 unspecified atom stereocenters. The van der Waals surface area contributed by atoms with E-state index in [1.165, 1.54) is 0 Å². The van der Waals surface area contributed by atoms with Gasteiger partial charge in [-0.1, -0.05) is 0 Å². The lowest BCUT2D eigenvalue weighted by molar-refractivity contribution is 0.171. The van der Waals surface area contributed by atoms with Crippen LogP contribution >= 0.6 is 0 Å². The maximum atomic E-state index is 5.99. The third-order valence-corrected chi connectivity index (χ3v) is 3.73. The van der Waals surface area contributed by atoms with E-state index in [1.54, 1.807) is 25.4 Å². The van der Waals surface area contributed by atoms with E-state index in [2.05, 4.69) is 10.4 Å². The lowest BCUT2D eigenvalue weighted by Crippen LogP contribution is -2.07. The number of ether oxygens (including phenoxy) is 3. The summed E-state index contributed by atoms with van der Waals surface area (Å²) < 4.78 is 18.9. The number of rotatable bonds is 8. The number of nitrogens with zero attached hydrogens (tertiary/aromatic N) is 2. The molecule has 2 aromatic heterocycles. The Kier molecular flexibility index (Phi) is 5.25. The molecule has 0 aliphatic carbocycles. The number of nitrogens with one attached hydrogen (secondary N) is 1. The van der Waals surface area contributed by atoms with Gasteiger partial charge < -0.3 is 25.4 Å². The molecule has 0 aliphatic heterocycles.